The van der Waals surface area contributed by atoms with E-state index in [4.69, 9.17) is 11.6 Å². The van der Waals surface area contributed by atoms with E-state index in [2.05, 4.69) is 14.9 Å². The fourth-order valence-corrected chi connectivity index (χ4v) is 2.46. The van der Waals surface area contributed by atoms with Gasteiger partial charge < -0.3 is 5.32 Å². The summed E-state index contributed by atoms with van der Waals surface area (Å²) in [6.45, 7) is 7.99. The predicted molar refractivity (Wildman–Crippen MR) is 70.9 cm³/mol. The van der Waals surface area contributed by atoms with Crippen molar-refractivity contribution in [1.82, 2.24) is 14.9 Å². The number of hydrogen-bond donors (Lipinski definition) is 1. The monoisotopic (exact) mass is 275 g/mol. The molecule has 0 fully saturated rings. The third-order valence-electron chi connectivity index (χ3n) is 2.32. The highest BCUT2D eigenvalue weighted by Crippen LogP contribution is 2.25. The summed E-state index contributed by atoms with van der Waals surface area (Å²) >= 11 is 6.77. The second kappa shape index (κ2) is 5.78. The molecule has 1 N–H and O–H groups in total. The van der Waals surface area contributed by atoms with Crippen LogP contribution >= 0.6 is 23.1 Å². The summed E-state index contributed by atoms with van der Waals surface area (Å²) in [5.74, 6) is 0.427. The van der Waals surface area contributed by atoms with E-state index in [0.717, 1.165) is 23.6 Å². The van der Waals surface area contributed by atoms with Crippen molar-refractivity contribution in [3.05, 3.63) is 10.6 Å². The molecule has 0 radical (unpaired) electrons. The Kier molecular flexibility index (Phi) is 4.89. The molecule has 0 aliphatic rings. The first-order chi connectivity index (χ1) is 7.86. The van der Waals surface area contributed by atoms with E-state index in [-0.39, 0.29) is 17.4 Å². The lowest BCUT2D eigenvalue weighted by atomic mass is 9.91. The lowest BCUT2D eigenvalue weighted by Crippen LogP contribution is -2.33. The van der Waals surface area contributed by atoms with Crippen LogP contribution < -0.4 is 5.32 Å². The molecule has 1 amide bonds. The SMILES string of the molecule is CC(CCCl)NC(=O)c1snnc1C(C)(C)C. The number of alkyl halides is 1. The zero-order valence-corrected chi connectivity index (χ0v) is 12.2. The highest BCUT2D eigenvalue weighted by atomic mass is 35.5. The fourth-order valence-electron chi connectivity index (χ4n) is 1.36. The standard InChI is InChI=1S/C11H18ClN3OS/c1-7(5-6-12)13-10(16)8-9(11(2,3)4)14-15-17-8/h7H,5-6H2,1-4H3,(H,13,16). The van der Waals surface area contributed by atoms with Crippen LogP contribution in [0.5, 0.6) is 0 Å². The number of hydrogen-bond acceptors (Lipinski definition) is 4. The molecular formula is C11H18ClN3OS. The van der Waals surface area contributed by atoms with Crippen molar-refractivity contribution in [2.24, 2.45) is 0 Å². The summed E-state index contributed by atoms with van der Waals surface area (Å²) in [6, 6.07) is 0.0647. The molecule has 1 rings (SSSR count). The number of carbonyl (C=O) groups is 1. The summed E-state index contributed by atoms with van der Waals surface area (Å²) in [7, 11) is 0. The lowest BCUT2D eigenvalue weighted by molar-refractivity contribution is 0.0941. The van der Waals surface area contributed by atoms with Gasteiger partial charge in [-0.3, -0.25) is 4.79 Å². The number of nitrogens with zero attached hydrogens (tertiary/aromatic N) is 2. The number of rotatable bonds is 4. The van der Waals surface area contributed by atoms with Gasteiger partial charge in [0.1, 0.15) is 4.88 Å². The van der Waals surface area contributed by atoms with Crippen molar-refractivity contribution in [3.8, 4) is 0 Å². The van der Waals surface area contributed by atoms with Crippen molar-refractivity contribution >= 4 is 29.0 Å². The van der Waals surface area contributed by atoms with Crippen molar-refractivity contribution in [3.63, 3.8) is 0 Å². The molecule has 1 atom stereocenters. The first kappa shape index (κ1) is 14.4. The number of amides is 1. The minimum Gasteiger partial charge on any atom is -0.349 e. The highest BCUT2D eigenvalue weighted by molar-refractivity contribution is 7.08. The Hall–Kier alpha value is -0.680. The molecule has 4 nitrogen and oxygen atoms in total. The third kappa shape index (κ3) is 3.92. The molecule has 0 bridgehead atoms. The average molecular weight is 276 g/mol. The van der Waals surface area contributed by atoms with Crippen LogP contribution in [-0.4, -0.2) is 27.4 Å². The number of aromatic nitrogens is 2. The summed E-state index contributed by atoms with van der Waals surface area (Å²) in [6.07, 6.45) is 0.754. The van der Waals surface area contributed by atoms with Gasteiger partial charge in [0.15, 0.2) is 0 Å². The second-order valence-corrected chi connectivity index (χ2v) is 6.18. The fraction of sp³-hybridized carbons (Fsp3) is 0.727. The van der Waals surface area contributed by atoms with Crippen LogP contribution in [0.4, 0.5) is 0 Å². The molecule has 1 aromatic rings. The van der Waals surface area contributed by atoms with E-state index in [1.165, 1.54) is 0 Å². The second-order valence-electron chi connectivity index (χ2n) is 5.05. The Bertz CT molecular complexity index is 386. The molecule has 0 saturated heterocycles. The smallest absolute Gasteiger partial charge is 0.265 e. The van der Waals surface area contributed by atoms with Crippen molar-refractivity contribution in [2.75, 3.05) is 5.88 Å². The Labute approximate surface area is 111 Å². The van der Waals surface area contributed by atoms with Crippen LogP contribution in [0.15, 0.2) is 0 Å². The van der Waals surface area contributed by atoms with Gasteiger partial charge in [0.05, 0.1) is 5.69 Å². The molecule has 17 heavy (non-hydrogen) atoms. The zero-order chi connectivity index (χ0) is 13.1. The van der Waals surface area contributed by atoms with E-state index in [9.17, 15) is 4.79 Å². The zero-order valence-electron chi connectivity index (χ0n) is 10.6. The number of carbonyl (C=O) groups excluding carboxylic acids is 1. The summed E-state index contributed by atoms with van der Waals surface area (Å²) in [5.41, 5.74) is 0.577. The Morgan fingerprint density at radius 2 is 2.18 bits per heavy atom. The van der Waals surface area contributed by atoms with Gasteiger partial charge in [-0.2, -0.15) is 0 Å². The van der Waals surface area contributed by atoms with Gasteiger partial charge in [-0.05, 0) is 24.9 Å². The van der Waals surface area contributed by atoms with E-state index in [1.54, 1.807) is 0 Å². The molecule has 0 spiro atoms. The molecule has 96 valence electrons. The first-order valence-corrected chi connectivity index (χ1v) is 6.86. The van der Waals surface area contributed by atoms with Crippen LogP contribution in [0, 0.1) is 0 Å². The van der Waals surface area contributed by atoms with E-state index in [1.807, 2.05) is 27.7 Å². The molecular weight excluding hydrogens is 258 g/mol. The first-order valence-electron chi connectivity index (χ1n) is 5.56. The van der Waals surface area contributed by atoms with Crippen LogP contribution in [0.25, 0.3) is 0 Å². The molecule has 0 aliphatic heterocycles. The minimum absolute atomic E-state index is 0.0647. The van der Waals surface area contributed by atoms with Crippen molar-refractivity contribution < 1.29 is 4.79 Å². The van der Waals surface area contributed by atoms with Crippen LogP contribution in [0.1, 0.15) is 49.5 Å². The van der Waals surface area contributed by atoms with Crippen molar-refractivity contribution in [1.29, 1.82) is 0 Å². The quantitative estimate of drug-likeness (QED) is 0.860. The van der Waals surface area contributed by atoms with E-state index >= 15 is 0 Å². The van der Waals surface area contributed by atoms with E-state index in [0.29, 0.717) is 10.8 Å². The lowest BCUT2D eigenvalue weighted by Gasteiger charge is -2.17. The van der Waals surface area contributed by atoms with Gasteiger partial charge >= 0.3 is 0 Å². The van der Waals surface area contributed by atoms with Crippen LogP contribution in [0.3, 0.4) is 0 Å². The van der Waals surface area contributed by atoms with Crippen molar-refractivity contribution in [2.45, 2.75) is 45.6 Å². The molecule has 1 heterocycles. The Morgan fingerprint density at radius 1 is 1.53 bits per heavy atom. The summed E-state index contributed by atoms with van der Waals surface area (Å²) in [4.78, 5) is 12.6. The Morgan fingerprint density at radius 3 is 2.71 bits per heavy atom. The molecule has 0 saturated carbocycles. The van der Waals surface area contributed by atoms with E-state index < -0.39 is 0 Å². The molecule has 6 heteroatoms. The normalized spacial score (nSPS) is 13.5. The number of halogens is 1. The molecule has 0 aromatic carbocycles. The highest BCUT2D eigenvalue weighted by Gasteiger charge is 2.26. The largest absolute Gasteiger partial charge is 0.349 e. The van der Waals surface area contributed by atoms with Gasteiger partial charge in [-0.25, -0.2) is 0 Å². The third-order valence-corrected chi connectivity index (χ3v) is 3.27. The minimum atomic E-state index is -0.171. The van der Waals surface area contributed by atoms with Gasteiger partial charge in [0, 0.05) is 17.3 Å². The summed E-state index contributed by atoms with van der Waals surface area (Å²) < 4.78 is 3.87. The van der Waals surface area contributed by atoms with Crippen LogP contribution in [0.2, 0.25) is 0 Å². The Balaban J connectivity index is 2.80. The van der Waals surface area contributed by atoms with Gasteiger partial charge in [0.2, 0.25) is 0 Å². The molecule has 1 unspecified atom stereocenters. The van der Waals surface area contributed by atoms with Gasteiger partial charge in [-0.1, -0.05) is 25.3 Å². The van der Waals surface area contributed by atoms with Gasteiger partial charge in [-0.15, -0.1) is 16.7 Å². The van der Waals surface area contributed by atoms with Crippen LogP contribution in [-0.2, 0) is 5.41 Å². The molecule has 1 aromatic heterocycles. The maximum absolute atomic E-state index is 12.0. The summed E-state index contributed by atoms with van der Waals surface area (Å²) in [5, 5.41) is 6.95. The maximum atomic E-state index is 12.0. The average Bonchev–Trinajstić information content (AvgIpc) is 2.65. The number of nitrogens with one attached hydrogen (secondary N) is 1. The topological polar surface area (TPSA) is 54.9 Å². The predicted octanol–water partition coefficient (Wildman–Crippen LogP) is 2.58. The maximum Gasteiger partial charge on any atom is 0.265 e. The molecule has 0 aliphatic carbocycles. The van der Waals surface area contributed by atoms with Gasteiger partial charge in [0.25, 0.3) is 5.91 Å².